The van der Waals surface area contributed by atoms with Crippen molar-refractivity contribution < 1.29 is 9.53 Å². The molecule has 0 heterocycles. The van der Waals surface area contributed by atoms with Crippen LogP contribution in [0, 0.1) is 28.1 Å². The molecule has 96 valence electrons. The Balaban J connectivity index is 2.62. The van der Waals surface area contributed by atoms with Crippen LogP contribution in [-0.4, -0.2) is 11.6 Å². The minimum absolute atomic E-state index is 0.348. The van der Waals surface area contributed by atoms with Gasteiger partial charge in [0.25, 0.3) is 0 Å². The quantitative estimate of drug-likeness (QED) is 0.526. The summed E-state index contributed by atoms with van der Waals surface area (Å²) in [5, 5.41) is 18.0. The Labute approximate surface area is 108 Å². The standard InChI is InChI=1S/C14H18N2O2/c1-13(2,3)18-12(17)8-11-4-6-14(9-15,10-16)7-5-11/h8H,4-7H2,1-3H3. The average Bonchev–Trinajstić information content (AvgIpc) is 2.28. The number of rotatable bonds is 1. The second kappa shape index (κ2) is 5.23. The maximum Gasteiger partial charge on any atom is 0.331 e. The molecular formula is C14H18N2O2. The lowest BCUT2D eigenvalue weighted by Gasteiger charge is -2.25. The Morgan fingerprint density at radius 3 is 2.17 bits per heavy atom. The number of nitriles is 2. The highest BCUT2D eigenvalue weighted by atomic mass is 16.6. The topological polar surface area (TPSA) is 73.9 Å². The first-order valence-electron chi connectivity index (χ1n) is 6.05. The summed E-state index contributed by atoms with van der Waals surface area (Å²) in [6.45, 7) is 5.46. The predicted molar refractivity (Wildman–Crippen MR) is 66.1 cm³/mol. The molecule has 0 aromatic rings. The van der Waals surface area contributed by atoms with Gasteiger partial charge < -0.3 is 4.74 Å². The van der Waals surface area contributed by atoms with E-state index in [0.717, 1.165) is 5.57 Å². The minimum atomic E-state index is -0.870. The van der Waals surface area contributed by atoms with E-state index >= 15 is 0 Å². The van der Waals surface area contributed by atoms with Gasteiger partial charge in [-0.05, 0) is 46.5 Å². The van der Waals surface area contributed by atoms with Gasteiger partial charge in [0.1, 0.15) is 11.0 Å². The predicted octanol–water partition coefficient (Wildman–Crippen LogP) is 2.86. The molecule has 0 amide bonds. The molecule has 0 aromatic heterocycles. The summed E-state index contributed by atoms with van der Waals surface area (Å²) < 4.78 is 5.20. The number of ether oxygens (including phenoxy) is 1. The van der Waals surface area contributed by atoms with Crippen LogP contribution in [0.3, 0.4) is 0 Å². The Bertz CT molecular complexity index is 418. The molecule has 0 spiro atoms. The van der Waals surface area contributed by atoms with Crippen LogP contribution in [0.2, 0.25) is 0 Å². The molecule has 0 aromatic carbocycles. The zero-order valence-corrected chi connectivity index (χ0v) is 11.1. The lowest BCUT2D eigenvalue weighted by Crippen LogP contribution is -2.24. The van der Waals surface area contributed by atoms with Crippen molar-refractivity contribution in [3.8, 4) is 12.1 Å². The summed E-state index contributed by atoms with van der Waals surface area (Å²) in [4.78, 5) is 11.6. The van der Waals surface area contributed by atoms with E-state index in [2.05, 4.69) is 12.1 Å². The summed E-state index contributed by atoms with van der Waals surface area (Å²) in [7, 11) is 0. The number of hydrogen-bond donors (Lipinski definition) is 0. The third-order valence-electron chi connectivity index (χ3n) is 2.90. The minimum Gasteiger partial charge on any atom is -0.457 e. The van der Waals surface area contributed by atoms with Crippen molar-refractivity contribution in [2.45, 2.75) is 52.1 Å². The number of carbonyl (C=O) groups excluding carboxylic acids is 1. The molecule has 0 saturated heterocycles. The number of nitrogens with zero attached hydrogens (tertiary/aromatic N) is 2. The molecule has 4 heteroatoms. The first-order chi connectivity index (χ1) is 8.30. The Morgan fingerprint density at radius 1 is 1.28 bits per heavy atom. The van der Waals surface area contributed by atoms with Gasteiger partial charge in [-0.3, -0.25) is 0 Å². The van der Waals surface area contributed by atoms with Gasteiger partial charge in [-0.1, -0.05) is 5.57 Å². The number of esters is 1. The van der Waals surface area contributed by atoms with Gasteiger partial charge in [-0.2, -0.15) is 10.5 Å². The summed E-state index contributed by atoms with van der Waals surface area (Å²) in [5.74, 6) is -0.348. The fraction of sp³-hybridized carbons (Fsp3) is 0.643. The van der Waals surface area contributed by atoms with Gasteiger partial charge in [0.15, 0.2) is 0 Å². The highest BCUT2D eigenvalue weighted by Gasteiger charge is 2.33. The van der Waals surface area contributed by atoms with Crippen LogP contribution in [0.5, 0.6) is 0 Å². The average molecular weight is 246 g/mol. The van der Waals surface area contributed by atoms with Gasteiger partial charge in [-0.15, -0.1) is 0 Å². The molecule has 0 aliphatic heterocycles. The largest absolute Gasteiger partial charge is 0.457 e. The second-order valence-electron chi connectivity index (χ2n) is 5.64. The van der Waals surface area contributed by atoms with E-state index in [-0.39, 0.29) is 5.97 Å². The molecule has 18 heavy (non-hydrogen) atoms. The molecule has 0 unspecified atom stereocenters. The van der Waals surface area contributed by atoms with Crippen LogP contribution >= 0.6 is 0 Å². The first kappa shape index (κ1) is 14.3. The fourth-order valence-electron chi connectivity index (χ4n) is 1.89. The van der Waals surface area contributed by atoms with Crippen molar-refractivity contribution in [1.82, 2.24) is 0 Å². The van der Waals surface area contributed by atoms with Gasteiger partial charge in [0.05, 0.1) is 12.1 Å². The Kier molecular flexibility index (Phi) is 4.14. The van der Waals surface area contributed by atoms with Crippen LogP contribution in [0.25, 0.3) is 0 Å². The monoisotopic (exact) mass is 246 g/mol. The molecule has 1 aliphatic rings. The Hall–Kier alpha value is -1.81. The molecule has 0 radical (unpaired) electrons. The van der Waals surface area contributed by atoms with Crippen molar-refractivity contribution in [2.75, 3.05) is 0 Å². The number of allylic oxidation sites excluding steroid dienone is 1. The molecular weight excluding hydrogens is 228 g/mol. The van der Waals surface area contributed by atoms with E-state index < -0.39 is 11.0 Å². The van der Waals surface area contributed by atoms with E-state index in [9.17, 15) is 4.79 Å². The van der Waals surface area contributed by atoms with E-state index in [1.807, 2.05) is 20.8 Å². The Morgan fingerprint density at radius 2 is 1.78 bits per heavy atom. The maximum absolute atomic E-state index is 11.6. The zero-order chi connectivity index (χ0) is 13.8. The smallest absolute Gasteiger partial charge is 0.331 e. The second-order valence-corrected chi connectivity index (χ2v) is 5.64. The lowest BCUT2D eigenvalue weighted by atomic mass is 9.74. The lowest BCUT2D eigenvalue weighted by molar-refractivity contribution is -0.148. The highest BCUT2D eigenvalue weighted by Crippen LogP contribution is 2.37. The van der Waals surface area contributed by atoms with Crippen molar-refractivity contribution in [1.29, 1.82) is 10.5 Å². The molecule has 1 aliphatic carbocycles. The molecule has 4 nitrogen and oxygen atoms in total. The third kappa shape index (κ3) is 3.89. The van der Waals surface area contributed by atoms with Gasteiger partial charge in [-0.25, -0.2) is 4.79 Å². The summed E-state index contributed by atoms with van der Waals surface area (Å²) in [6.07, 6.45) is 3.72. The van der Waals surface area contributed by atoms with E-state index in [4.69, 9.17) is 15.3 Å². The SMILES string of the molecule is CC(C)(C)OC(=O)C=C1CCC(C#N)(C#N)CC1. The van der Waals surface area contributed by atoms with E-state index in [0.29, 0.717) is 25.7 Å². The first-order valence-corrected chi connectivity index (χ1v) is 6.05. The zero-order valence-electron chi connectivity index (χ0n) is 11.1. The molecule has 1 saturated carbocycles. The number of hydrogen-bond acceptors (Lipinski definition) is 4. The maximum atomic E-state index is 11.6. The molecule has 1 fully saturated rings. The fourth-order valence-corrected chi connectivity index (χ4v) is 1.89. The third-order valence-corrected chi connectivity index (χ3v) is 2.90. The van der Waals surface area contributed by atoms with Crippen molar-refractivity contribution in [2.24, 2.45) is 5.41 Å². The van der Waals surface area contributed by atoms with Crippen LogP contribution < -0.4 is 0 Å². The van der Waals surface area contributed by atoms with Gasteiger partial charge in [0, 0.05) is 6.08 Å². The van der Waals surface area contributed by atoms with Crippen LogP contribution in [-0.2, 0) is 9.53 Å². The van der Waals surface area contributed by atoms with Crippen molar-refractivity contribution >= 4 is 5.97 Å². The number of carbonyl (C=O) groups is 1. The molecule has 0 N–H and O–H groups in total. The summed E-state index contributed by atoms with van der Waals surface area (Å²) in [5.41, 5.74) is -0.401. The van der Waals surface area contributed by atoms with Crippen molar-refractivity contribution in [3.05, 3.63) is 11.6 Å². The van der Waals surface area contributed by atoms with Crippen LogP contribution in [0.1, 0.15) is 46.5 Å². The summed E-state index contributed by atoms with van der Waals surface area (Å²) in [6, 6.07) is 4.15. The van der Waals surface area contributed by atoms with Crippen LogP contribution in [0.4, 0.5) is 0 Å². The summed E-state index contributed by atoms with van der Waals surface area (Å²) >= 11 is 0. The van der Waals surface area contributed by atoms with Crippen LogP contribution in [0.15, 0.2) is 11.6 Å². The van der Waals surface area contributed by atoms with Gasteiger partial charge >= 0.3 is 5.97 Å². The van der Waals surface area contributed by atoms with E-state index in [1.54, 1.807) is 0 Å². The molecule has 0 atom stereocenters. The molecule has 1 rings (SSSR count). The highest BCUT2D eigenvalue weighted by molar-refractivity contribution is 5.83. The molecule has 0 bridgehead atoms. The van der Waals surface area contributed by atoms with Gasteiger partial charge in [0.2, 0.25) is 0 Å². The van der Waals surface area contributed by atoms with Crippen molar-refractivity contribution in [3.63, 3.8) is 0 Å². The normalized spacial score (nSPS) is 18.4. The van der Waals surface area contributed by atoms with E-state index in [1.165, 1.54) is 6.08 Å².